The molecule has 0 aliphatic carbocycles. The van der Waals surface area contributed by atoms with E-state index >= 15 is 0 Å². The summed E-state index contributed by atoms with van der Waals surface area (Å²) in [7, 11) is 3.21. The second kappa shape index (κ2) is 5.39. The van der Waals surface area contributed by atoms with Crippen LogP contribution in [0.3, 0.4) is 0 Å². The molecule has 0 saturated heterocycles. The Bertz CT molecular complexity index is 840. The molecule has 112 valence electrons. The Labute approximate surface area is 119 Å². The summed E-state index contributed by atoms with van der Waals surface area (Å²) in [5.74, 6) is -0.554. The summed E-state index contributed by atoms with van der Waals surface area (Å²) in [6.07, 6.45) is 1.47. The van der Waals surface area contributed by atoms with Gasteiger partial charge in [0.2, 0.25) is 0 Å². The van der Waals surface area contributed by atoms with Gasteiger partial charge in [0.1, 0.15) is 6.61 Å². The number of ether oxygens (including phenoxy) is 1. The molecule has 0 fully saturated rings. The highest BCUT2D eigenvalue weighted by Gasteiger charge is 2.15. The lowest BCUT2D eigenvalue weighted by molar-refractivity contribution is -0.139. The normalized spacial score (nSPS) is 10.8. The van der Waals surface area contributed by atoms with Crippen molar-refractivity contribution in [1.29, 1.82) is 0 Å². The molecule has 0 radical (unpaired) electrons. The van der Waals surface area contributed by atoms with E-state index in [9.17, 15) is 14.4 Å². The zero-order chi connectivity index (χ0) is 15.7. The third-order valence-corrected chi connectivity index (χ3v) is 3.10. The molecule has 0 bridgehead atoms. The van der Waals surface area contributed by atoms with Gasteiger partial charge in [0.25, 0.3) is 5.56 Å². The van der Waals surface area contributed by atoms with Crippen LogP contribution < -0.4 is 11.2 Å². The SMILES string of the molecule is C=C(C)C(=O)OCCn1c(=O)c2c(ncn2C)n(C)c1=O. The maximum Gasteiger partial charge on any atom is 0.333 e. The van der Waals surface area contributed by atoms with Crippen LogP contribution in [0.5, 0.6) is 0 Å². The van der Waals surface area contributed by atoms with E-state index in [-0.39, 0.29) is 18.7 Å². The molecule has 0 saturated carbocycles. The Balaban J connectivity index is 2.38. The van der Waals surface area contributed by atoms with Crippen LogP contribution in [-0.4, -0.2) is 31.3 Å². The zero-order valence-electron chi connectivity index (χ0n) is 12.1. The van der Waals surface area contributed by atoms with Gasteiger partial charge < -0.3 is 9.30 Å². The number of aromatic nitrogens is 4. The average molecular weight is 292 g/mol. The van der Waals surface area contributed by atoms with Gasteiger partial charge in [-0.15, -0.1) is 0 Å². The molecular weight excluding hydrogens is 276 g/mol. The van der Waals surface area contributed by atoms with Crippen molar-refractivity contribution < 1.29 is 9.53 Å². The Morgan fingerprint density at radius 3 is 2.67 bits per heavy atom. The summed E-state index contributed by atoms with van der Waals surface area (Å²) in [6.45, 7) is 4.88. The predicted molar refractivity (Wildman–Crippen MR) is 76.0 cm³/mol. The number of rotatable bonds is 4. The maximum absolute atomic E-state index is 12.3. The lowest BCUT2D eigenvalue weighted by Crippen LogP contribution is -2.40. The summed E-state index contributed by atoms with van der Waals surface area (Å²) in [6, 6.07) is 0. The highest BCUT2D eigenvalue weighted by atomic mass is 16.5. The molecule has 0 atom stereocenters. The van der Waals surface area contributed by atoms with Crippen molar-refractivity contribution in [2.75, 3.05) is 6.61 Å². The molecular formula is C13H16N4O4. The molecule has 0 spiro atoms. The van der Waals surface area contributed by atoms with E-state index in [1.54, 1.807) is 11.6 Å². The Morgan fingerprint density at radius 1 is 1.38 bits per heavy atom. The highest BCUT2D eigenvalue weighted by Crippen LogP contribution is 2.02. The van der Waals surface area contributed by atoms with E-state index in [1.165, 1.54) is 24.9 Å². The molecule has 2 rings (SSSR count). The summed E-state index contributed by atoms with van der Waals surface area (Å²) >= 11 is 0. The number of carbonyl (C=O) groups excluding carboxylic acids is 1. The third kappa shape index (κ3) is 2.51. The average Bonchev–Trinajstić information content (AvgIpc) is 2.82. The smallest absolute Gasteiger partial charge is 0.333 e. The Kier molecular flexibility index (Phi) is 3.79. The molecule has 8 heteroatoms. The van der Waals surface area contributed by atoms with Crippen LogP contribution in [0, 0.1) is 0 Å². The van der Waals surface area contributed by atoms with Gasteiger partial charge in [-0.3, -0.25) is 13.9 Å². The van der Waals surface area contributed by atoms with Crippen molar-refractivity contribution in [1.82, 2.24) is 18.7 Å². The molecule has 8 nitrogen and oxygen atoms in total. The summed E-state index contributed by atoms with van der Waals surface area (Å²) in [5.41, 5.74) is -0.0552. The van der Waals surface area contributed by atoms with Gasteiger partial charge in [-0.2, -0.15) is 0 Å². The molecule has 0 aromatic carbocycles. The van der Waals surface area contributed by atoms with Gasteiger partial charge in [0, 0.05) is 19.7 Å². The van der Waals surface area contributed by atoms with Crippen molar-refractivity contribution in [3.63, 3.8) is 0 Å². The minimum Gasteiger partial charge on any atom is -0.460 e. The van der Waals surface area contributed by atoms with E-state index < -0.39 is 17.2 Å². The lowest BCUT2D eigenvalue weighted by atomic mass is 10.4. The standard InChI is InChI=1S/C13H16N4O4/c1-8(2)12(19)21-6-5-17-11(18)9-10(14-7-15(9)3)16(4)13(17)20/h7H,1,5-6H2,2-4H3. The molecule has 21 heavy (non-hydrogen) atoms. The quantitative estimate of drug-likeness (QED) is 0.563. The fourth-order valence-electron chi connectivity index (χ4n) is 1.95. The number of imidazole rings is 1. The van der Waals surface area contributed by atoms with Crippen LogP contribution in [-0.2, 0) is 30.2 Å². The number of fused-ring (bicyclic) bond motifs is 1. The van der Waals surface area contributed by atoms with Crippen LogP contribution in [0.25, 0.3) is 11.2 Å². The lowest BCUT2D eigenvalue weighted by Gasteiger charge is -2.09. The van der Waals surface area contributed by atoms with Crippen molar-refractivity contribution in [3.8, 4) is 0 Å². The number of hydrogen-bond donors (Lipinski definition) is 0. The van der Waals surface area contributed by atoms with E-state index in [1.807, 2.05) is 0 Å². The minimum atomic E-state index is -0.554. The topological polar surface area (TPSA) is 88.1 Å². The number of hydrogen-bond acceptors (Lipinski definition) is 5. The van der Waals surface area contributed by atoms with Gasteiger partial charge in [-0.05, 0) is 6.92 Å². The van der Waals surface area contributed by atoms with Gasteiger partial charge >= 0.3 is 11.7 Å². The van der Waals surface area contributed by atoms with Crippen LogP contribution in [0.4, 0.5) is 0 Å². The van der Waals surface area contributed by atoms with E-state index in [0.29, 0.717) is 11.2 Å². The molecule has 0 aliphatic heterocycles. The van der Waals surface area contributed by atoms with Crippen molar-refractivity contribution >= 4 is 17.1 Å². The minimum absolute atomic E-state index is 0.0222. The second-order valence-corrected chi connectivity index (χ2v) is 4.74. The monoisotopic (exact) mass is 292 g/mol. The number of nitrogens with zero attached hydrogens (tertiary/aromatic N) is 4. The number of esters is 1. The molecule has 0 N–H and O–H groups in total. The zero-order valence-corrected chi connectivity index (χ0v) is 12.1. The van der Waals surface area contributed by atoms with Crippen molar-refractivity contribution in [2.45, 2.75) is 13.5 Å². The van der Waals surface area contributed by atoms with Crippen LogP contribution in [0.2, 0.25) is 0 Å². The molecule has 0 amide bonds. The van der Waals surface area contributed by atoms with Crippen LogP contribution >= 0.6 is 0 Å². The van der Waals surface area contributed by atoms with Crippen molar-refractivity contribution in [2.24, 2.45) is 14.1 Å². The van der Waals surface area contributed by atoms with Gasteiger partial charge in [-0.25, -0.2) is 14.6 Å². The first-order chi connectivity index (χ1) is 9.84. The second-order valence-electron chi connectivity index (χ2n) is 4.74. The maximum atomic E-state index is 12.3. The van der Waals surface area contributed by atoms with Crippen LogP contribution in [0.1, 0.15) is 6.92 Å². The van der Waals surface area contributed by atoms with E-state index in [0.717, 1.165) is 4.57 Å². The Hall–Kier alpha value is -2.64. The fourth-order valence-corrected chi connectivity index (χ4v) is 1.95. The third-order valence-electron chi connectivity index (χ3n) is 3.10. The molecule has 2 heterocycles. The largest absolute Gasteiger partial charge is 0.460 e. The predicted octanol–water partition coefficient (Wildman–Crippen LogP) is -0.447. The molecule has 2 aromatic rings. The van der Waals surface area contributed by atoms with Crippen LogP contribution in [0.15, 0.2) is 28.1 Å². The van der Waals surface area contributed by atoms with Gasteiger partial charge in [0.15, 0.2) is 11.2 Å². The molecule has 0 unspecified atom stereocenters. The van der Waals surface area contributed by atoms with Gasteiger partial charge in [0.05, 0.1) is 12.9 Å². The van der Waals surface area contributed by atoms with E-state index in [2.05, 4.69) is 11.6 Å². The number of carbonyl (C=O) groups is 1. The highest BCUT2D eigenvalue weighted by molar-refractivity contribution is 5.86. The first-order valence-electron chi connectivity index (χ1n) is 6.28. The fraction of sp³-hybridized carbons (Fsp3) is 0.385. The Morgan fingerprint density at radius 2 is 2.05 bits per heavy atom. The van der Waals surface area contributed by atoms with Crippen molar-refractivity contribution in [3.05, 3.63) is 39.3 Å². The first kappa shape index (κ1) is 14.8. The molecule has 0 aliphatic rings. The number of aryl methyl sites for hydroxylation is 2. The summed E-state index contributed by atoms with van der Waals surface area (Å²) in [5, 5.41) is 0. The summed E-state index contributed by atoms with van der Waals surface area (Å²) in [4.78, 5) is 39.8. The molecule has 2 aromatic heterocycles. The van der Waals surface area contributed by atoms with E-state index in [4.69, 9.17) is 4.74 Å². The first-order valence-corrected chi connectivity index (χ1v) is 6.28. The summed E-state index contributed by atoms with van der Waals surface area (Å²) < 4.78 is 8.77. The van der Waals surface area contributed by atoms with Gasteiger partial charge in [-0.1, -0.05) is 6.58 Å².